The lowest BCUT2D eigenvalue weighted by molar-refractivity contribution is -0.671. The molecule has 0 unspecified atom stereocenters. The van der Waals surface area contributed by atoms with E-state index >= 15 is 0 Å². The maximum atomic E-state index is 10.9. The van der Waals surface area contributed by atoms with Crippen LogP contribution >= 0.6 is 0 Å². The molecule has 1 fully saturated rings. The molecule has 0 saturated carbocycles. The zero-order valence-electron chi connectivity index (χ0n) is 13.8. The average molecular weight is 347 g/mol. The number of unbranched alkanes of at least 4 members (excludes halogenated alkanes) is 1. The lowest BCUT2D eigenvalue weighted by Gasteiger charge is -2.13. The molecule has 0 bridgehead atoms. The number of carbonyl (C=O) groups is 1. The van der Waals surface area contributed by atoms with Crippen LogP contribution in [-0.2, 0) is 33.2 Å². The van der Waals surface area contributed by atoms with Gasteiger partial charge in [0.05, 0.1) is 36.1 Å². The fourth-order valence-electron chi connectivity index (χ4n) is 2.22. The SMILES string of the molecule is CCCCn1cc[n+](C)c1.COC(=O)[C@@H]1C[C@@H](S(=O)(=O)[O-])CN1. The van der Waals surface area contributed by atoms with E-state index in [2.05, 4.69) is 44.8 Å². The second kappa shape index (κ2) is 8.99. The molecule has 1 N–H and O–H groups in total. The number of esters is 1. The number of nitrogens with zero attached hydrogens (tertiary/aromatic N) is 2. The van der Waals surface area contributed by atoms with Gasteiger partial charge >= 0.3 is 5.97 Å². The maximum absolute atomic E-state index is 10.9. The number of ether oxygens (including phenoxy) is 1. The Bertz CT molecular complexity index is 599. The van der Waals surface area contributed by atoms with E-state index in [0.717, 1.165) is 6.54 Å². The molecule has 2 rings (SSSR count). The monoisotopic (exact) mass is 347 g/mol. The number of rotatable bonds is 5. The summed E-state index contributed by atoms with van der Waals surface area (Å²) in [6, 6.07) is -0.668. The lowest BCUT2D eigenvalue weighted by Crippen LogP contribution is -2.31. The van der Waals surface area contributed by atoms with Gasteiger partial charge in [0.2, 0.25) is 6.33 Å². The third kappa shape index (κ3) is 6.67. The van der Waals surface area contributed by atoms with Crippen LogP contribution in [-0.4, -0.2) is 48.5 Å². The van der Waals surface area contributed by atoms with Gasteiger partial charge in [-0.2, -0.15) is 0 Å². The minimum Gasteiger partial charge on any atom is -0.748 e. The Morgan fingerprint density at radius 2 is 2.22 bits per heavy atom. The van der Waals surface area contributed by atoms with E-state index in [1.54, 1.807) is 0 Å². The van der Waals surface area contributed by atoms with Crippen molar-refractivity contribution in [3.05, 3.63) is 18.7 Å². The van der Waals surface area contributed by atoms with E-state index in [4.69, 9.17) is 0 Å². The number of aromatic nitrogens is 2. The molecule has 132 valence electrons. The molecule has 0 amide bonds. The molecule has 1 aromatic rings. The zero-order chi connectivity index (χ0) is 17.5. The fraction of sp³-hybridized carbons (Fsp3) is 0.714. The smallest absolute Gasteiger partial charge is 0.322 e. The minimum absolute atomic E-state index is 0.00148. The van der Waals surface area contributed by atoms with Crippen molar-refractivity contribution in [2.45, 2.75) is 44.0 Å². The lowest BCUT2D eigenvalue weighted by atomic mass is 10.2. The number of nitrogens with one attached hydrogen (secondary N) is 1. The Labute approximate surface area is 137 Å². The average Bonchev–Trinajstić information content (AvgIpc) is 3.13. The summed E-state index contributed by atoms with van der Waals surface area (Å²) in [5, 5.41) is 1.59. The topological polar surface area (TPSA) is 104 Å². The van der Waals surface area contributed by atoms with Gasteiger partial charge < -0.3 is 14.6 Å². The normalized spacial score (nSPS) is 20.7. The molecule has 1 saturated heterocycles. The highest BCUT2D eigenvalue weighted by atomic mass is 32.2. The summed E-state index contributed by atoms with van der Waals surface area (Å²) in [5.74, 6) is -0.536. The highest BCUT2D eigenvalue weighted by Gasteiger charge is 2.33. The first-order valence-electron chi connectivity index (χ1n) is 7.54. The largest absolute Gasteiger partial charge is 0.748 e. The summed E-state index contributed by atoms with van der Waals surface area (Å²) in [6.07, 6.45) is 8.82. The second-order valence-electron chi connectivity index (χ2n) is 5.50. The van der Waals surface area contributed by atoms with Crippen LogP contribution in [0.5, 0.6) is 0 Å². The minimum atomic E-state index is -4.30. The Kier molecular flexibility index (Phi) is 7.66. The number of hydrogen-bond donors (Lipinski definition) is 1. The molecule has 2 atom stereocenters. The predicted molar refractivity (Wildman–Crippen MR) is 82.4 cm³/mol. The molecule has 8 nitrogen and oxygen atoms in total. The van der Waals surface area contributed by atoms with Crippen LogP contribution in [0.2, 0.25) is 0 Å². The van der Waals surface area contributed by atoms with Crippen molar-refractivity contribution in [2.75, 3.05) is 13.7 Å². The van der Waals surface area contributed by atoms with Gasteiger partial charge in [-0.25, -0.2) is 17.6 Å². The summed E-state index contributed by atoms with van der Waals surface area (Å²) in [6.45, 7) is 3.38. The molecule has 0 aliphatic carbocycles. The number of aryl methyl sites for hydroxylation is 2. The fourth-order valence-corrected chi connectivity index (χ4v) is 2.95. The second-order valence-corrected chi connectivity index (χ2v) is 7.16. The van der Waals surface area contributed by atoms with Gasteiger partial charge in [-0.3, -0.25) is 4.79 Å². The first-order chi connectivity index (χ1) is 10.8. The number of hydrogen-bond acceptors (Lipinski definition) is 6. The molecule has 9 heteroatoms. The van der Waals surface area contributed by atoms with Gasteiger partial charge in [-0.05, 0) is 12.8 Å². The van der Waals surface area contributed by atoms with Crippen LogP contribution in [0.25, 0.3) is 0 Å². The number of methoxy groups -OCH3 is 1. The maximum Gasteiger partial charge on any atom is 0.322 e. The standard InChI is InChI=1S/C8H15N2.C6H11NO5S/c1-3-4-5-10-7-6-9(2)8-10;1-12-6(8)5-2-4(3-7-5)13(9,10)11/h6-8H,3-5H2,1-2H3;4-5,7H,2-3H2,1H3,(H,9,10,11)/q+1;/p-1/t;4-,5+/m.1/s1. The van der Waals surface area contributed by atoms with E-state index in [1.807, 2.05) is 7.05 Å². The van der Waals surface area contributed by atoms with Gasteiger partial charge in [0.25, 0.3) is 0 Å². The predicted octanol–water partition coefficient (Wildman–Crippen LogP) is -0.452. The van der Waals surface area contributed by atoms with Gasteiger partial charge in [-0.15, -0.1) is 0 Å². The van der Waals surface area contributed by atoms with Crippen LogP contribution < -0.4 is 9.88 Å². The van der Waals surface area contributed by atoms with Crippen molar-refractivity contribution in [1.82, 2.24) is 9.88 Å². The van der Waals surface area contributed by atoms with Gasteiger partial charge in [0.1, 0.15) is 18.4 Å². The van der Waals surface area contributed by atoms with Crippen LogP contribution in [0, 0.1) is 0 Å². The van der Waals surface area contributed by atoms with E-state index in [-0.39, 0.29) is 13.0 Å². The Hall–Kier alpha value is -1.45. The van der Waals surface area contributed by atoms with Crippen molar-refractivity contribution in [1.29, 1.82) is 0 Å². The van der Waals surface area contributed by atoms with Gasteiger partial charge in [-0.1, -0.05) is 13.3 Å². The summed E-state index contributed by atoms with van der Waals surface area (Å²) in [7, 11) is -1.04. The van der Waals surface area contributed by atoms with Crippen LogP contribution in [0.15, 0.2) is 18.7 Å². The Balaban J connectivity index is 0.000000238. The number of carbonyl (C=O) groups excluding carboxylic acids is 1. The summed E-state index contributed by atoms with van der Waals surface area (Å²) in [5.41, 5.74) is 0. The molecule has 1 aromatic heterocycles. The molecular weight excluding hydrogens is 322 g/mol. The molecule has 0 radical (unpaired) electrons. The summed E-state index contributed by atoms with van der Waals surface area (Å²) >= 11 is 0. The zero-order valence-corrected chi connectivity index (χ0v) is 14.6. The Morgan fingerprint density at radius 1 is 1.52 bits per heavy atom. The highest BCUT2D eigenvalue weighted by molar-refractivity contribution is 7.86. The molecule has 0 spiro atoms. The first kappa shape index (κ1) is 19.6. The van der Waals surface area contributed by atoms with Crippen LogP contribution in [0.3, 0.4) is 0 Å². The third-order valence-corrected chi connectivity index (χ3v) is 4.75. The van der Waals surface area contributed by atoms with E-state index in [1.165, 1.54) is 20.0 Å². The van der Waals surface area contributed by atoms with E-state index in [9.17, 15) is 17.8 Å². The molecule has 2 heterocycles. The summed E-state index contributed by atoms with van der Waals surface area (Å²) < 4.78 is 40.3. The quantitative estimate of drug-likeness (QED) is 0.439. The van der Waals surface area contributed by atoms with Crippen LogP contribution in [0.4, 0.5) is 0 Å². The van der Waals surface area contributed by atoms with Crippen molar-refractivity contribution >= 4 is 16.1 Å². The molecule has 1 aliphatic rings. The first-order valence-corrected chi connectivity index (χ1v) is 9.02. The van der Waals surface area contributed by atoms with Crippen molar-refractivity contribution in [2.24, 2.45) is 7.05 Å². The van der Waals surface area contributed by atoms with Crippen molar-refractivity contribution < 1.29 is 27.1 Å². The van der Waals surface area contributed by atoms with Gasteiger partial charge in [0.15, 0.2) is 0 Å². The molecule has 23 heavy (non-hydrogen) atoms. The third-order valence-electron chi connectivity index (χ3n) is 3.58. The number of imidazole rings is 1. The molecule has 1 aliphatic heterocycles. The van der Waals surface area contributed by atoms with E-state index < -0.39 is 27.4 Å². The molecular formula is C14H25N3O5S. The van der Waals surface area contributed by atoms with Crippen LogP contribution in [0.1, 0.15) is 26.2 Å². The summed E-state index contributed by atoms with van der Waals surface area (Å²) in [4.78, 5) is 10.9. The Morgan fingerprint density at radius 3 is 2.65 bits per heavy atom. The van der Waals surface area contributed by atoms with Crippen molar-refractivity contribution in [3.8, 4) is 0 Å². The highest BCUT2D eigenvalue weighted by Crippen LogP contribution is 2.14. The van der Waals surface area contributed by atoms with Crippen molar-refractivity contribution in [3.63, 3.8) is 0 Å². The molecule has 0 aromatic carbocycles. The van der Waals surface area contributed by atoms with Gasteiger partial charge in [0, 0.05) is 6.54 Å². The van der Waals surface area contributed by atoms with E-state index in [0.29, 0.717) is 0 Å².